The van der Waals surface area contributed by atoms with E-state index in [-0.39, 0.29) is 0 Å². The molecule has 8 rings (SSSR count). The molecule has 0 fully saturated rings. The highest BCUT2D eigenvalue weighted by molar-refractivity contribution is 6.11. The molecule has 3 nitrogen and oxygen atoms in total. The zero-order valence-electron chi connectivity index (χ0n) is 25.7. The number of aryl methyl sites for hydroxylation is 1. The fourth-order valence-corrected chi connectivity index (χ4v) is 6.52. The number of rotatable bonds is 6. The molecule has 0 aliphatic carbocycles. The maximum atomic E-state index is 6.28. The van der Waals surface area contributed by atoms with Gasteiger partial charge in [0.15, 0.2) is 0 Å². The fraction of sp³-hybridized carbons (Fsp3) is 0.171. The third-order valence-corrected chi connectivity index (χ3v) is 8.69. The van der Waals surface area contributed by atoms with E-state index >= 15 is 0 Å². The summed E-state index contributed by atoms with van der Waals surface area (Å²) in [6, 6.07) is 36.6. The monoisotopic (exact) mass is 575 g/mol. The third-order valence-electron chi connectivity index (χ3n) is 8.69. The quantitative estimate of drug-likeness (QED) is 0.197. The van der Waals surface area contributed by atoms with Gasteiger partial charge in [0.05, 0.1) is 11.0 Å². The van der Waals surface area contributed by atoms with Crippen molar-refractivity contribution in [2.75, 3.05) is 0 Å². The van der Waals surface area contributed by atoms with E-state index in [1.165, 1.54) is 46.6 Å². The maximum Gasteiger partial charge on any atom is 0.135 e. The zero-order valence-corrected chi connectivity index (χ0v) is 25.7. The average molecular weight is 576 g/mol. The highest BCUT2D eigenvalue weighted by Crippen LogP contribution is 2.38. The van der Waals surface area contributed by atoms with Gasteiger partial charge in [0.1, 0.15) is 22.5 Å². The van der Waals surface area contributed by atoms with Crippen LogP contribution in [-0.2, 0) is 6.42 Å². The predicted molar refractivity (Wildman–Crippen MR) is 188 cm³/mol. The van der Waals surface area contributed by atoms with Crippen LogP contribution in [0.4, 0.5) is 0 Å². The van der Waals surface area contributed by atoms with E-state index in [1.807, 2.05) is 0 Å². The average Bonchev–Trinajstić information content (AvgIpc) is 3.73. The van der Waals surface area contributed by atoms with Crippen molar-refractivity contribution in [1.29, 1.82) is 0 Å². The first kappa shape index (κ1) is 27.8. The Bertz CT molecular complexity index is 2240. The molecule has 3 heteroatoms. The summed E-state index contributed by atoms with van der Waals surface area (Å²) in [5.74, 6) is 0.860. The Kier molecular flexibility index (Phi) is 7.31. The summed E-state index contributed by atoms with van der Waals surface area (Å²) in [5.41, 5.74) is 9.71. The second kappa shape index (κ2) is 11.6. The molecule has 0 atom stereocenters. The Labute approximate surface area is 258 Å². The summed E-state index contributed by atoms with van der Waals surface area (Å²) < 4.78 is 14.7. The molecule has 0 saturated heterocycles. The van der Waals surface area contributed by atoms with Gasteiger partial charge in [0, 0.05) is 38.2 Å². The van der Waals surface area contributed by atoms with E-state index < -0.39 is 0 Å². The minimum Gasteiger partial charge on any atom is -0.456 e. The third kappa shape index (κ3) is 4.60. The van der Waals surface area contributed by atoms with Gasteiger partial charge in [-0.05, 0) is 78.2 Å². The minimum absolute atomic E-state index is 0.860. The molecular formula is C41H37NO2. The van der Waals surface area contributed by atoms with Gasteiger partial charge in [0.25, 0.3) is 0 Å². The summed E-state index contributed by atoms with van der Waals surface area (Å²) in [5, 5.41) is 5.89. The van der Waals surface area contributed by atoms with Crippen LogP contribution in [0.1, 0.15) is 51.4 Å². The van der Waals surface area contributed by atoms with E-state index in [1.54, 1.807) is 6.08 Å². The largest absolute Gasteiger partial charge is 0.456 e. The summed E-state index contributed by atoms with van der Waals surface area (Å²) in [4.78, 5) is 0. The van der Waals surface area contributed by atoms with Crippen LogP contribution in [0.15, 0.2) is 119 Å². The molecule has 0 aliphatic rings. The number of unbranched alkanes of at least 4 members (excludes halogenated alkanes) is 2. The Hall–Kier alpha value is -5.02. The lowest BCUT2D eigenvalue weighted by Gasteiger charge is -2.08. The van der Waals surface area contributed by atoms with Crippen LogP contribution in [-0.4, -0.2) is 4.57 Å². The summed E-state index contributed by atoms with van der Waals surface area (Å²) in [7, 11) is 0. The number of fused-ring (bicyclic) bond motifs is 7. The lowest BCUT2D eigenvalue weighted by Crippen LogP contribution is -1.93. The molecule has 0 amide bonds. The Morgan fingerprint density at radius 3 is 1.70 bits per heavy atom. The van der Waals surface area contributed by atoms with E-state index in [0.717, 1.165) is 61.9 Å². The number of hydrogen-bond donors (Lipinski definition) is 0. The molecular weight excluding hydrogens is 538 g/mol. The summed E-state index contributed by atoms with van der Waals surface area (Å²) >= 11 is 0. The van der Waals surface area contributed by atoms with Gasteiger partial charge in [-0.25, -0.2) is 0 Å². The first-order valence-corrected chi connectivity index (χ1v) is 15.8. The highest BCUT2D eigenvalue weighted by Gasteiger charge is 2.16. The van der Waals surface area contributed by atoms with Crippen LogP contribution in [0.5, 0.6) is 0 Å². The number of furan rings is 2. The van der Waals surface area contributed by atoms with Crippen molar-refractivity contribution < 1.29 is 8.83 Å². The first-order valence-electron chi connectivity index (χ1n) is 15.8. The fourth-order valence-electron chi connectivity index (χ4n) is 6.52. The Morgan fingerprint density at radius 1 is 0.591 bits per heavy atom. The molecule has 0 spiro atoms. The molecule has 0 aliphatic heterocycles. The lowest BCUT2D eigenvalue weighted by molar-refractivity contribution is 0.599. The molecule has 8 aromatic rings. The Balaban J connectivity index is 0.000000581. The van der Waals surface area contributed by atoms with Crippen molar-refractivity contribution in [1.82, 2.24) is 4.57 Å². The Morgan fingerprint density at radius 2 is 1.14 bits per heavy atom. The normalized spacial score (nSPS) is 11.5. The number of hydrogen-bond acceptors (Lipinski definition) is 2. The topological polar surface area (TPSA) is 31.2 Å². The lowest BCUT2D eigenvalue weighted by atomic mass is 9.99. The van der Waals surface area contributed by atoms with Crippen LogP contribution in [0.2, 0.25) is 0 Å². The standard InChI is InChI=1S/C36H25NO2.C5H12/c1-3-25-28-19-22(13-16-34(28)38-33(25)4-2)23-14-17-35-29(20-23)30-21-24(15-18-36(30)39-35)37-31-11-7-5-9-26(31)27-10-6-8-12-32(27)37;1-3-5-4-2/h4-21H,2-3H2,1H3;3-5H2,1-2H3. The van der Waals surface area contributed by atoms with Crippen molar-refractivity contribution in [3.63, 3.8) is 0 Å². The van der Waals surface area contributed by atoms with Gasteiger partial charge < -0.3 is 13.4 Å². The molecule has 44 heavy (non-hydrogen) atoms. The molecule has 0 saturated carbocycles. The smallest absolute Gasteiger partial charge is 0.135 e. The van der Waals surface area contributed by atoms with Gasteiger partial charge in [-0.1, -0.05) is 95.1 Å². The zero-order chi connectivity index (χ0) is 30.2. The van der Waals surface area contributed by atoms with Crippen molar-refractivity contribution in [3.8, 4) is 16.8 Å². The number of nitrogens with zero attached hydrogens (tertiary/aromatic N) is 1. The van der Waals surface area contributed by atoms with Crippen molar-refractivity contribution >= 4 is 60.8 Å². The SMILES string of the molecule is C=Cc1oc2ccc(-c3ccc4oc5ccc(-n6c7ccccc7c7ccccc76)cc5c4c3)cc2c1CC.CCCCC. The van der Waals surface area contributed by atoms with Gasteiger partial charge in [0.2, 0.25) is 0 Å². The number of para-hydroxylation sites is 2. The molecule has 3 heterocycles. The number of aromatic nitrogens is 1. The van der Waals surface area contributed by atoms with Crippen LogP contribution < -0.4 is 0 Å². The molecule has 0 unspecified atom stereocenters. The van der Waals surface area contributed by atoms with Crippen LogP contribution in [0, 0.1) is 0 Å². The minimum atomic E-state index is 0.860. The second-order valence-corrected chi connectivity index (χ2v) is 11.4. The van der Waals surface area contributed by atoms with Crippen LogP contribution in [0.25, 0.3) is 77.6 Å². The predicted octanol–water partition coefficient (Wildman–Crippen LogP) is 12.5. The van der Waals surface area contributed by atoms with Gasteiger partial charge >= 0.3 is 0 Å². The van der Waals surface area contributed by atoms with Crippen molar-refractivity contribution in [2.45, 2.75) is 46.5 Å². The molecule has 3 aromatic heterocycles. The van der Waals surface area contributed by atoms with Gasteiger partial charge in [-0.15, -0.1) is 0 Å². The van der Waals surface area contributed by atoms with Gasteiger partial charge in [-0.3, -0.25) is 0 Å². The van der Waals surface area contributed by atoms with Crippen molar-refractivity contribution in [3.05, 3.63) is 121 Å². The van der Waals surface area contributed by atoms with Crippen LogP contribution in [0.3, 0.4) is 0 Å². The first-order chi connectivity index (χ1) is 21.6. The summed E-state index contributed by atoms with van der Waals surface area (Å²) in [6.07, 6.45) is 6.78. The second-order valence-electron chi connectivity index (χ2n) is 11.4. The van der Waals surface area contributed by atoms with E-state index in [0.29, 0.717) is 0 Å². The summed E-state index contributed by atoms with van der Waals surface area (Å²) in [6.45, 7) is 10.5. The van der Waals surface area contributed by atoms with Crippen molar-refractivity contribution in [2.24, 2.45) is 0 Å². The van der Waals surface area contributed by atoms with Gasteiger partial charge in [-0.2, -0.15) is 0 Å². The maximum absolute atomic E-state index is 6.28. The number of benzene rings is 5. The molecule has 0 radical (unpaired) electrons. The van der Waals surface area contributed by atoms with E-state index in [9.17, 15) is 0 Å². The van der Waals surface area contributed by atoms with E-state index in [2.05, 4.69) is 135 Å². The molecule has 218 valence electrons. The molecule has 0 bridgehead atoms. The van der Waals surface area contributed by atoms with Crippen LogP contribution >= 0.6 is 0 Å². The molecule has 5 aromatic carbocycles. The van der Waals surface area contributed by atoms with E-state index in [4.69, 9.17) is 8.83 Å². The molecule has 0 N–H and O–H groups in total. The highest BCUT2D eigenvalue weighted by atomic mass is 16.3.